The largest absolute Gasteiger partial charge is 0.497 e. The lowest BCUT2D eigenvalue weighted by Crippen LogP contribution is -2.13. The van der Waals surface area contributed by atoms with Crippen LogP contribution in [0.5, 0.6) is 5.75 Å². The van der Waals surface area contributed by atoms with Crippen molar-refractivity contribution < 1.29 is 18.4 Å². The highest BCUT2D eigenvalue weighted by atomic mass is 16.5. The Morgan fingerprint density at radius 2 is 2.14 bits per heavy atom. The van der Waals surface area contributed by atoms with Crippen molar-refractivity contribution in [1.82, 2.24) is 4.98 Å². The molecule has 3 rings (SSSR count). The van der Waals surface area contributed by atoms with Gasteiger partial charge in [-0.2, -0.15) is 0 Å². The zero-order valence-electron chi connectivity index (χ0n) is 11.2. The van der Waals surface area contributed by atoms with Gasteiger partial charge in [-0.15, -0.1) is 0 Å². The van der Waals surface area contributed by atoms with Crippen LogP contribution in [0.15, 0.2) is 57.9 Å². The van der Waals surface area contributed by atoms with E-state index in [0.29, 0.717) is 23.0 Å². The first-order valence-corrected chi connectivity index (χ1v) is 6.20. The minimum absolute atomic E-state index is 0.160. The predicted octanol–water partition coefficient (Wildman–Crippen LogP) is 3.20. The van der Waals surface area contributed by atoms with Crippen LogP contribution < -0.4 is 10.1 Å². The molecule has 0 unspecified atom stereocenters. The Morgan fingerprint density at radius 1 is 1.24 bits per heavy atom. The molecule has 0 atom stereocenters. The van der Waals surface area contributed by atoms with Crippen LogP contribution in [0.3, 0.4) is 0 Å². The molecule has 1 N–H and O–H groups in total. The summed E-state index contributed by atoms with van der Waals surface area (Å²) in [4.78, 5) is 16.2. The second kappa shape index (κ2) is 5.54. The molecule has 1 amide bonds. The summed E-state index contributed by atoms with van der Waals surface area (Å²) < 4.78 is 15.6. The zero-order valence-corrected chi connectivity index (χ0v) is 11.2. The van der Waals surface area contributed by atoms with Crippen LogP contribution in [-0.4, -0.2) is 18.0 Å². The number of anilines is 1. The Hall–Kier alpha value is -3.02. The molecule has 0 aliphatic carbocycles. The summed E-state index contributed by atoms with van der Waals surface area (Å²) in [7, 11) is 1.56. The van der Waals surface area contributed by atoms with Crippen LogP contribution in [0.4, 0.5) is 5.69 Å². The number of nitrogens with zero attached hydrogens (tertiary/aromatic N) is 1. The number of aromatic nitrogens is 1. The van der Waals surface area contributed by atoms with E-state index in [9.17, 15) is 4.79 Å². The van der Waals surface area contributed by atoms with E-state index in [2.05, 4.69) is 10.3 Å². The lowest BCUT2D eigenvalue weighted by molar-refractivity contribution is 0.102. The number of benzene rings is 1. The number of hydrogen-bond donors (Lipinski definition) is 1. The first kappa shape index (κ1) is 13.0. The van der Waals surface area contributed by atoms with E-state index in [1.807, 2.05) is 0 Å². The molecule has 0 saturated heterocycles. The van der Waals surface area contributed by atoms with Crippen LogP contribution in [0.25, 0.3) is 11.5 Å². The highest BCUT2D eigenvalue weighted by Gasteiger charge is 2.20. The third kappa shape index (κ3) is 2.64. The zero-order chi connectivity index (χ0) is 14.7. The normalized spacial score (nSPS) is 10.3. The molecular weight excluding hydrogens is 272 g/mol. The Labute approximate surface area is 120 Å². The third-order valence-electron chi connectivity index (χ3n) is 2.86. The first-order chi connectivity index (χ1) is 10.3. The number of hydrogen-bond acceptors (Lipinski definition) is 5. The second-order valence-electron chi connectivity index (χ2n) is 4.19. The average molecular weight is 284 g/mol. The van der Waals surface area contributed by atoms with E-state index in [1.54, 1.807) is 43.5 Å². The summed E-state index contributed by atoms with van der Waals surface area (Å²) in [5, 5.41) is 2.74. The van der Waals surface area contributed by atoms with Crippen molar-refractivity contribution in [3.63, 3.8) is 0 Å². The van der Waals surface area contributed by atoms with Gasteiger partial charge in [0.15, 0.2) is 17.8 Å². The topological polar surface area (TPSA) is 77.5 Å². The SMILES string of the molecule is COc1cccc(NC(=O)c2ncoc2-c2ccco2)c1. The van der Waals surface area contributed by atoms with Crippen molar-refractivity contribution in [2.75, 3.05) is 12.4 Å². The number of amides is 1. The van der Waals surface area contributed by atoms with Gasteiger partial charge in [0.25, 0.3) is 5.91 Å². The molecule has 0 spiro atoms. The van der Waals surface area contributed by atoms with E-state index < -0.39 is 0 Å². The van der Waals surface area contributed by atoms with E-state index in [-0.39, 0.29) is 11.6 Å². The molecule has 6 heteroatoms. The average Bonchev–Trinajstić information content (AvgIpc) is 3.18. The lowest BCUT2D eigenvalue weighted by atomic mass is 10.2. The van der Waals surface area contributed by atoms with Gasteiger partial charge in [0.05, 0.1) is 13.4 Å². The van der Waals surface area contributed by atoms with Crippen LogP contribution in [-0.2, 0) is 0 Å². The van der Waals surface area contributed by atoms with Crippen molar-refractivity contribution in [2.24, 2.45) is 0 Å². The van der Waals surface area contributed by atoms with E-state index >= 15 is 0 Å². The van der Waals surface area contributed by atoms with Gasteiger partial charge in [-0.3, -0.25) is 4.79 Å². The molecule has 106 valence electrons. The molecule has 0 bridgehead atoms. The molecule has 6 nitrogen and oxygen atoms in total. The number of furan rings is 1. The quantitative estimate of drug-likeness (QED) is 0.796. The van der Waals surface area contributed by atoms with Crippen molar-refractivity contribution in [3.05, 3.63) is 54.7 Å². The summed E-state index contributed by atoms with van der Waals surface area (Å²) in [5.41, 5.74) is 0.764. The summed E-state index contributed by atoms with van der Waals surface area (Å²) >= 11 is 0. The molecule has 1 aromatic carbocycles. The molecule has 0 radical (unpaired) electrons. The number of rotatable bonds is 4. The van der Waals surface area contributed by atoms with Crippen molar-refractivity contribution >= 4 is 11.6 Å². The number of oxazole rings is 1. The molecule has 0 aliphatic rings. The summed E-state index contributed by atoms with van der Waals surface area (Å²) in [6.07, 6.45) is 2.71. The van der Waals surface area contributed by atoms with Crippen LogP contribution >= 0.6 is 0 Å². The first-order valence-electron chi connectivity index (χ1n) is 6.20. The molecule has 0 saturated carbocycles. The van der Waals surface area contributed by atoms with Crippen molar-refractivity contribution in [3.8, 4) is 17.3 Å². The number of ether oxygens (including phenoxy) is 1. The summed E-state index contributed by atoms with van der Waals surface area (Å²) in [6.45, 7) is 0. The highest BCUT2D eigenvalue weighted by molar-refractivity contribution is 6.06. The van der Waals surface area contributed by atoms with Gasteiger partial charge in [-0.05, 0) is 24.3 Å². The minimum Gasteiger partial charge on any atom is -0.497 e. The Bertz CT molecular complexity index is 747. The fourth-order valence-corrected chi connectivity index (χ4v) is 1.88. The van der Waals surface area contributed by atoms with Gasteiger partial charge >= 0.3 is 0 Å². The molecular formula is C15H12N2O4. The minimum atomic E-state index is -0.386. The van der Waals surface area contributed by atoms with Gasteiger partial charge in [-0.1, -0.05) is 6.07 Å². The van der Waals surface area contributed by atoms with Gasteiger partial charge < -0.3 is 18.9 Å². The number of carbonyl (C=O) groups is 1. The standard InChI is InChI=1S/C15H12N2O4/c1-19-11-5-2-4-10(8-11)17-15(18)13-14(21-9-16-13)12-6-3-7-20-12/h2-9H,1H3,(H,17,18). The maximum Gasteiger partial charge on any atom is 0.278 e. The number of nitrogens with one attached hydrogen (secondary N) is 1. The molecule has 3 aromatic rings. The van der Waals surface area contributed by atoms with Gasteiger partial charge in [0, 0.05) is 11.8 Å². The van der Waals surface area contributed by atoms with E-state index in [1.165, 1.54) is 12.7 Å². The smallest absolute Gasteiger partial charge is 0.278 e. The predicted molar refractivity (Wildman–Crippen MR) is 75.2 cm³/mol. The van der Waals surface area contributed by atoms with Crippen molar-refractivity contribution in [1.29, 1.82) is 0 Å². The van der Waals surface area contributed by atoms with Gasteiger partial charge in [0.1, 0.15) is 5.75 Å². The molecule has 2 heterocycles. The fraction of sp³-hybridized carbons (Fsp3) is 0.0667. The summed E-state index contributed by atoms with van der Waals surface area (Å²) in [6, 6.07) is 10.5. The summed E-state index contributed by atoms with van der Waals surface area (Å²) in [5.74, 6) is 1.01. The van der Waals surface area contributed by atoms with Crippen LogP contribution in [0.1, 0.15) is 10.5 Å². The van der Waals surface area contributed by atoms with Crippen LogP contribution in [0, 0.1) is 0 Å². The van der Waals surface area contributed by atoms with E-state index in [4.69, 9.17) is 13.6 Å². The fourth-order valence-electron chi connectivity index (χ4n) is 1.88. The van der Waals surface area contributed by atoms with Crippen LogP contribution in [0.2, 0.25) is 0 Å². The highest BCUT2D eigenvalue weighted by Crippen LogP contribution is 2.24. The molecule has 0 aliphatic heterocycles. The number of methoxy groups -OCH3 is 1. The number of carbonyl (C=O) groups excluding carboxylic acids is 1. The molecule has 0 fully saturated rings. The molecule has 21 heavy (non-hydrogen) atoms. The lowest BCUT2D eigenvalue weighted by Gasteiger charge is -2.05. The van der Waals surface area contributed by atoms with Gasteiger partial charge in [0.2, 0.25) is 5.76 Å². The third-order valence-corrected chi connectivity index (χ3v) is 2.86. The van der Waals surface area contributed by atoms with E-state index in [0.717, 1.165) is 0 Å². The second-order valence-corrected chi connectivity index (χ2v) is 4.19. The Kier molecular flexibility index (Phi) is 3.42. The monoisotopic (exact) mass is 284 g/mol. The Morgan fingerprint density at radius 3 is 2.90 bits per heavy atom. The molecule has 2 aromatic heterocycles. The van der Waals surface area contributed by atoms with Crippen molar-refractivity contribution in [2.45, 2.75) is 0 Å². The van der Waals surface area contributed by atoms with Gasteiger partial charge in [-0.25, -0.2) is 4.98 Å². The maximum atomic E-state index is 12.3. The maximum absolute atomic E-state index is 12.3. The Balaban J connectivity index is 1.85.